The number of hydrogen-bond acceptors (Lipinski definition) is 7. The number of nitrogens with zero attached hydrogens (tertiary/aromatic N) is 2. The van der Waals surface area contributed by atoms with Crippen molar-refractivity contribution < 1.29 is 24.3 Å². The first-order chi connectivity index (χ1) is 13.4. The highest BCUT2D eigenvalue weighted by Crippen LogP contribution is 2.37. The molecule has 2 aromatic rings. The highest BCUT2D eigenvalue weighted by atomic mass is 16.6. The molecule has 0 aromatic heterocycles. The Hall–Kier alpha value is -4.06. The van der Waals surface area contributed by atoms with Crippen LogP contribution in [0, 0.1) is 21.4 Å². The van der Waals surface area contributed by atoms with E-state index in [2.05, 4.69) is 5.32 Å². The molecule has 0 heterocycles. The summed E-state index contributed by atoms with van der Waals surface area (Å²) >= 11 is 0. The van der Waals surface area contributed by atoms with E-state index in [4.69, 9.17) is 9.47 Å². The Morgan fingerprint density at radius 3 is 2.50 bits per heavy atom. The molecule has 0 aliphatic heterocycles. The second-order valence-electron chi connectivity index (χ2n) is 5.55. The van der Waals surface area contributed by atoms with E-state index in [-0.39, 0.29) is 23.4 Å². The van der Waals surface area contributed by atoms with Gasteiger partial charge in [0, 0.05) is 12.6 Å². The maximum atomic E-state index is 12.3. The summed E-state index contributed by atoms with van der Waals surface area (Å²) in [5.41, 5.74) is 0.114. The minimum absolute atomic E-state index is 0.142. The van der Waals surface area contributed by atoms with Crippen molar-refractivity contribution in [3.05, 3.63) is 63.2 Å². The van der Waals surface area contributed by atoms with E-state index in [0.29, 0.717) is 5.75 Å². The van der Waals surface area contributed by atoms with E-state index in [0.717, 1.165) is 11.6 Å². The zero-order valence-corrected chi connectivity index (χ0v) is 15.1. The van der Waals surface area contributed by atoms with Gasteiger partial charge < -0.3 is 19.9 Å². The van der Waals surface area contributed by atoms with Crippen LogP contribution < -0.4 is 14.8 Å². The number of carbonyl (C=O) groups excluding carboxylic acids is 1. The molecule has 2 N–H and O–H groups in total. The van der Waals surface area contributed by atoms with Gasteiger partial charge in [-0.2, -0.15) is 5.26 Å². The lowest BCUT2D eigenvalue weighted by Crippen LogP contribution is -2.23. The van der Waals surface area contributed by atoms with Gasteiger partial charge in [-0.3, -0.25) is 14.9 Å². The first-order valence-electron chi connectivity index (χ1n) is 7.98. The van der Waals surface area contributed by atoms with Gasteiger partial charge in [-0.15, -0.1) is 0 Å². The van der Waals surface area contributed by atoms with E-state index in [1.165, 1.54) is 19.3 Å². The molecule has 0 saturated heterocycles. The van der Waals surface area contributed by atoms with Gasteiger partial charge in [0.1, 0.15) is 17.4 Å². The van der Waals surface area contributed by atoms with Gasteiger partial charge in [0.2, 0.25) is 5.75 Å². The lowest BCUT2D eigenvalue weighted by molar-refractivity contribution is -0.386. The van der Waals surface area contributed by atoms with Crippen molar-refractivity contribution >= 4 is 17.7 Å². The molecular formula is C19H17N3O6. The summed E-state index contributed by atoms with van der Waals surface area (Å²) in [6, 6.07) is 11.1. The third-order valence-electron chi connectivity index (χ3n) is 3.78. The topological polar surface area (TPSA) is 135 Å². The number of nitriles is 1. The number of rotatable bonds is 7. The Labute approximate surface area is 160 Å². The van der Waals surface area contributed by atoms with Crippen LogP contribution in [0.2, 0.25) is 0 Å². The Kier molecular flexibility index (Phi) is 6.54. The smallest absolute Gasteiger partial charge is 0.315 e. The van der Waals surface area contributed by atoms with E-state index in [1.54, 1.807) is 37.4 Å². The SMILES string of the molecule is COc1ccc(CNC(=O)/C(C#N)=C\c2cc(OC)c(O)c([N+](=O)[O-])c2)cc1. The molecule has 9 nitrogen and oxygen atoms in total. The van der Waals surface area contributed by atoms with Gasteiger partial charge in [0.25, 0.3) is 5.91 Å². The number of amides is 1. The molecular weight excluding hydrogens is 366 g/mol. The Morgan fingerprint density at radius 1 is 1.29 bits per heavy atom. The van der Waals surface area contributed by atoms with Crippen molar-refractivity contribution in [2.24, 2.45) is 0 Å². The van der Waals surface area contributed by atoms with Gasteiger partial charge in [-0.25, -0.2) is 0 Å². The Bertz CT molecular complexity index is 961. The number of ether oxygens (including phenoxy) is 2. The molecule has 0 fully saturated rings. The maximum absolute atomic E-state index is 12.3. The molecule has 0 saturated carbocycles. The number of carbonyl (C=O) groups is 1. The molecule has 0 spiro atoms. The van der Waals surface area contributed by atoms with Crippen LogP contribution >= 0.6 is 0 Å². The van der Waals surface area contributed by atoms with Crippen molar-refractivity contribution in [2.75, 3.05) is 14.2 Å². The second kappa shape index (κ2) is 9.05. The predicted octanol–water partition coefficient (Wildman–Crippen LogP) is 2.54. The summed E-state index contributed by atoms with van der Waals surface area (Å²) in [5.74, 6) is -0.743. The summed E-state index contributed by atoms with van der Waals surface area (Å²) in [5, 5.41) is 32.7. The molecule has 1 amide bonds. The van der Waals surface area contributed by atoms with Crippen LogP contribution in [0.15, 0.2) is 42.0 Å². The fourth-order valence-corrected chi connectivity index (χ4v) is 2.33. The van der Waals surface area contributed by atoms with E-state index >= 15 is 0 Å². The van der Waals surface area contributed by atoms with Crippen LogP contribution in [0.3, 0.4) is 0 Å². The zero-order valence-electron chi connectivity index (χ0n) is 15.1. The molecule has 144 valence electrons. The van der Waals surface area contributed by atoms with E-state index in [1.807, 2.05) is 0 Å². The zero-order chi connectivity index (χ0) is 20.7. The average Bonchev–Trinajstić information content (AvgIpc) is 2.71. The first-order valence-corrected chi connectivity index (χ1v) is 7.98. The molecule has 0 aliphatic rings. The fourth-order valence-electron chi connectivity index (χ4n) is 2.33. The van der Waals surface area contributed by atoms with Crippen LogP contribution in [0.5, 0.6) is 17.2 Å². The maximum Gasteiger partial charge on any atom is 0.315 e. The minimum atomic E-state index is -0.787. The average molecular weight is 383 g/mol. The lowest BCUT2D eigenvalue weighted by Gasteiger charge is -2.07. The van der Waals surface area contributed by atoms with Gasteiger partial charge >= 0.3 is 5.69 Å². The summed E-state index contributed by atoms with van der Waals surface area (Å²) in [7, 11) is 2.78. The first kappa shape index (κ1) is 20.3. The quantitative estimate of drug-likeness (QED) is 0.325. The molecule has 28 heavy (non-hydrogen) atoms. The number of methoxy groups -OCH3 is 2. The molecule has 2 aromatic carbocycles. The molecule has 0 radical (unpaired) electrons. The van der Waals surface area contributed by atoms with E-state index in [9.17, 15) is 25.3 Å². The number of benzene rings is 2. The van der Waals surface area contributed by atoms with Gasteiger partial charge in [-0.1, -0.05) is 12.1 Å². The Balaban J connectivity index is 2.22. The molecule has 0 bridgehead atoms. The number of phenols is 1. The summed E-state index contributed by atoms with van der Waals surface area (Å²) in [6.45, 7) is 0.181. The monoisotopic (exact) mass is 383 g/mol. The van der Waals surface area contributed by atoms with Crippen LogP contribution in [0.4, 0.5) is 5.69 Å². The fraction of sp³-hybridized carbons (Fsp3) is 0.158. The molecule has 9 heteroatoms. The summed E-state index contributed by atoms with van der Waals surface area (Å²) in [4.78, 5) is 22.5. The van der Waals surface area contributed by atoms with Crippen molar-refractivity contribution in [3.63, 3.8) is 0 Å². The van der Waals surface area contributed by atoms with Crippen molar-refractivity contribution in [1.82, 2.24) is 5.32 Å². The standard InChI is InChI=1S/C19H17N3O6/c1-27-15-5-3-12(4-6-15)11-21-19(24)14(10-20)7-13-8-16(22(25)26)18(23)17(9-13)28-2/h3-9,23H,11H2,1-2H3,(H,21,24)/b14-7-. The van der Waals surface area contributed by atoms with Crippen molar-refractivity contribution in [2.45, 2.75) is 6.54 Å². The third-order valence-corrected chi connectivity index (χ3v) is 3.78. The number of nitrogens with one attached hydrogen (secondary N) is 1. The normalized spacial score (nSPS) is 10.7. The summed E-state index contributed by atoms with van der Waals surface area (Å²) in [6.07, 6.45) is 1.18. The van der Waals surface area contributed by atoms with Crippen LogP contribution in [-0.2, 0) is 11.3 Å². The molecule has 2 rings (SSSR count). The van der Waals surface area contributed by atoms with Crippen LogP contribution in [-0.4, -0.2) is 30.2 Å². The third kappa shape index (κ3) is 4.76. The van der Waals surface area contributed by atoms with Crippen molar-refractivity contribution in [1.29, 1.82) is 5.26 Å². The number of hydrogen-bond donors (Lipinski definition) is 2. The van der Waals surface area contributed by atoms with E-state index < -0.39 is 22.3 Å². The molecule has 0 aliphatic carbocycles. The highest BCUT2D eigenvalue weighted by Gasteiger charge is 2.20. The van der Waals surface area contributed by atoms with Gasteiger partial charge in [0.15, 0.2) is 5.75 Å². The van der Waals surface area contributed by atoms with Crippen LogP contribution in [0.25, 0.3) is 6.08 Å². The van der Waals surface area contributed by atoms with Crippen molar-refractivity contribution in [3.8, 4) is 23.3 Å². The number of nitro benzene ring substituents is 1. The van der Waals surface area contributed by atoms with Gasteiger partial charge in [-0.05, 0) is 35.4 Å². The minimum Gasteiger partial charge on any atom is -0.500 e. The largest absolute Gasteiger partial charge is 0.500 e. The number of phenolic OH excluding ortho intramolecular Hbond substituents is 1. The summed E-state index contributed by atoms with van der Waals surface area (Å²) < 4.78 is 9.95. The second-order valence-corrected chi connectivity index (χ2v) is 5.55. The molecule has 0 atom stereocenters. The Morgan fingerprint density at radius 2 is 1.96 bits per heavy atom. The number of nitro groups is 1. The highest BCUT2D eigenvalue weighted by molar-refractivity contribution is 6.01. The lowest BCUT2D eigenvalue weighted by atomic mass is 10.1. The number of aromatic hydroxyl groups is 1. The van der Waals surface area contributed by atoms with Crippen LogP contribution in [0.1, 0.15) is 11.1 Å². The van der Waals surface area contributed by atoms with Gasteiger partial charge in [0.05, 0.1) is 19.1 Å². The molecule has 0 unspecified atom stereocenters. The predicted molar refractivity (Wildman–Crippen MR) is 99.7 cm³/mol.